The molecule has 0 radical (unpaired) electrons. The van der Waals surface area contributed by atoms with Crippen LogP contribution in [0, 0.1) is 0 Å². The van der Waals surface area contributed by atoms with E-state index in [0.29, 0.717) is 30.5 Å². The van der Waals surface area contributed by atoms with E-state index in [1.54, 1.807) is 41.7 Å². The first-order valence-corrected chi connectivity index (χ1v) is 12.4. The molecule has 4 heterocycles. The molecular formula is C21H20BrN3O4S2. The summed E-state index contributed by atoms with van der Waals surface area (Å²) in [6, 6.07) is 3.54. The maximum atomic E-state index is 12.5. The van der Waals surface area contributed by atoms with Gasteiger partial charge in [-0.15, -0.1) is 22.7 Å². The van der Waals surface area contributed by atoms with Crippen LogP contribution in [0.5, 0.6) is 0 Å². The lowest BCUT2D eigenvalue weighted by molar-refractivity contribution is -0.126. The standard InChI is InChI=1S/C21H20BrN3O4S2/c1-2-28-21(27)16-10-18(29-24-16)17-12-31-20(23-17)13-5-7-25(8-6-13)19(26)4-3-15-9-14(22)11-30-15/h3-4,9-13H,2,5-8H2,1H3. The lowest BCUT2D eigenvalue weighted by atomic mass is 9.97. The molecule has 31 heavy (non-hydrogen) atoms. The molecule has 1 saturated heterocycles. The molecule has 3 aromatic heterocycles. The fraction of sp³-hybridized carbons (Fsp3) is 0.333. The minimum atomic E-state index is -0.509. The van der Waals surface area contributed by atoms with Crippen LogP contribution in [-0.2, 0) is 9.53 Å². The van der Waals surface area contributed by atoms with Crippen LogP contribution in [0.15, 0.2) is 38.0 Å². The smallest absolute Gasteiger partial charge is 0.360 e. The highest BCUT2D eigenvalue weighted by Crippen LogP contribution is 2.33. The topological polar surface area (TPSA) is 85.5 Å². The summed E-state index contributed by atoms with van der Waals surface area (Å²) in [5, 5.41) is 8.68. The van der Waals surface area contributed by atoms with E-state index in [0.717, 1.165) is 27.2 Å². The van der Waals surface area contributed by atoms with Crippen LogP contribution < -0.4 is 0 Å². The molecule has 4 rings (SSSR count). The average Bonchev–Trinajstić information content (AvgIpc) is 3.52. The van der Waals surface area contributed by atoms with Gasteiger partial charge in [0.05, 0.1) is 11.6 Å². The third kappa shape index (κ3) is 5.31. The average molecular weight is 522 g/mol. The zero-order valence-electron chi connectivity index (χ0n) is 16.7. The van der Waals surface area contributed by atoms with Crippen molar-refractivity contribution in [3.8, 4) is 11.5 Å². The molecule has 0 saturated carbocycles. The Kier molecular flexibility index (Phi) is 6.99. The molecule has 0 aromatic carbocycles. The number of hydrogen-bond donors (Lipinski definition) is 0. The van der Waals surface area contributed by atoms with Gasteiger partial charge in [0.1, 0.15) is 5.69 Å². The number of esters is 1. The number of carbonyl (C=O) groups excluding carboxylic acids is 2. The fourth-order valence-electron chi connectivity index (χ4n) is 3.31. The number of ether oxygens (including phenoxy) is 1. The van der Waals surface area contributed by atoms with Crippen molar-refractivity contribution in [3.63, 3.8) is 0 Å². The van der Waals surface area contributed by atoms with Crippen LogP contribution in [0.25, 0.3) is 17.5 Å². The Labute approximate surface area is 195 Å². The maximum absolute atomic E-state index is 12.5. The van der Waals surface area contributed by atoms with Gasteiger partial charge in [0.15, 0.2) is 11.5 Å². The predicted octanol–water partition coefficient (Wildman–Crippen LogP) is 5.22. The summed E-state index contributed by atoms with van der Waals surface area (Å²) in [5.74, 6) is 0.276. The molecule has 1 amide bonds. The minimum Gasteiger partial charge on any atom is -0.461 e. The first kappa shape index (κ1) is 21.9. The van der Waals surface area contributed by atoms with Gasteiger partial charge in [-0.3, -0.25) is 4.79 Å². The van der Waals surface area contributed by atoms with Gasteiger partial charge in [-0.1, -0.05) is 5.16 Å². The number of thiophene rings is 1. The Balaban J connectivity index is 1.33. The van der Waals surface area contributed by atoms with Crippen LogP contribution in [0.4, 0.5) is 0 Å². The quantitative estimate of drug-likeness (QED) is 0.326. The van der Waals surface area contributed by atoms with Crippen molar-refractivity contribution >= 4 is 56.6 Å². The monoisotopic (exact) mass is 521 g/mol. The van der Waals surface area contributed by atoms with Gasteiger partial charge >= 0.3 is 5.97 Å². The number of nitrogens with zero attached hydrogens (tertiary/aromatic N) is 3. The Morgan fingerprint density at radius 3 is 2.81 bits per heavy atom. The van der Waals surface area contributed by atoms with Gasteiger partial charge < -0.3 is 14.2 Å². The van der Waals surface area contributed by atoms with E-state index in [-0.39, 0.29) is 18.2 Å². The number of rotatable bonds is 6. The second kappa shape index (κ2) is 9.88. The van der Waals surface area contributed by atoms with E-state index in [1.807, 2.05) is 27.8 Å². The molecule has 1 aliphatic heterocycles. The minimum absolute atomic E-state index is 0.0379. The van der Waals surface area contributed by atoms with Crippen molar-refractivity contribution in [1.82, 2.24) is 15.0 Å². The number of hydrogen-bond acceptors (Lipinski definition) is 8. The van der Waals surface area contributed by atoms with Gasteiger partial charge in [0.25, 0.3) is 0 Å². The highest BCUT2D eigenvalue weighted by Gasteiger charge is 2.25. The molecule has 0 bridgehead atoms. The molecule has 1 fully saturated rings. The number of halogens is 1. The molecule has 3 aromatic rings. The van der Waals surface area contributed by atoms with E-state index < -0.39 is 5.97 Å². The van der Waals surface area contributed by atoms with Gasteiger partial charge in [-0.25, -0.2) is 9.78 Å². The molecule has 0 N–H and O–H groups in total. The summed E-state index contributed by atoms with van der Waals surface area (Å²) in [7, 11) is 0. The summed E-state index contributed by atoms with van der Waals surface area (Å²) in [6.45, 7) is 3.42. The second-order valence-electron chi connectivity index (χ2n) is 6.97. The van der Waals surface area contributed by atoms with Crippen molar-refractivity contribution < 1.29 is 18.8 Å². The second-order valence-corrected chi connectivity index (χ2v) is 9.72. The molecule has 7 nitrogen and oxygen atoms in total. The molecule has 0 spiro atoms. The highest BCUT2D eigenvalue weighted by atomic mass is 79.9. The van der Waals surface area contributed by atoms with Crippen LogP contribution >= 0.6 is 38.6 Å². The molecule has 0 atom stereocenters. The number of amides is 1. The van der Waals surface area contributed by atoms with Gasteiger partial charge in [0.2, 0.25) is 5.91 Å². The Morgan fingerprint density at radius 1 is 1.29 bits per heavy atom. The fourth-order valence-corrected chi connectivity index (χ4v) is 5.62. The molecule has 162 valence electrons. The van der Waals surface area contributed by atoms with E-state index >= 15 is 0 Å². The summed E-state index contributed by atoms with van der Waals surface area (Å²) < 4.78 is 11.2. The lowest BCUT2D eigenvalue weighted by Crippen LogP contribution is -2.36. The van der Waals surface area contributed by atoms with Crippen LogP contribution in [0.1, 0.15) is 46.1 Å². The SMILES string of the molecule is CCOC(=O)c1cc(-c2csc(C3CCN(C(=O)C=Cc4cc(Br)cs4)CC3)n2)on1. The Bertz CT molecular complexity index is 1100. The van der Waals surface area contributed by atoms with Gasteiger partial charge in [-0.2, -0.15) is 0 Å². The Morgan fingerprint density at radius 2 is 2.10 bits per heavy atom. The van der Waals surface area contributed by atoms with Crippen molar-refractivity contribution in [1.29, 1.82) is 0 Å². The summed E-state index contributed by atoms with van der Waals surface area (Å²) >= 11 is 6.58. The van der Waals surface area contributed by atoms with E-state index in [9.17, 15) is 9.59 Å². The number of likely N-dealkylation sites (tertiary alicyclic amines) is 1. The van der Waals surface area contributed by atoms with Crippen molar-refractivity contribution in [3.05, 3.63) is 49.0 Å². The molecule has 0 unspecified atom stereocenters. The van der Waals surface area contributed by atoms with E-state index in [4.69, 9.17) is 9.26 Å². The van der Waals surface area contributed by atoms with Crippen molar-refractivity contribution in [2.24, 2.45) is 0 Å². The first-order valence-electron chi connectivity index (χ1n) is 9.84. The highest BCUT2D eigenvalue weighted by molar-refractivity contribution is 9.10. The van der Waals surface area contributed by atoms with Crippen molar-refractivity contribution in [2.75, 3.05) is 19.7 Å². The van der Waals surface area contributed by atoms with Gasteiger partial charge in [0, 0.05) is 51.3 Å². The summed E-state index contributed by atoms with van der Waals surface area (Å²) in [6.07, 6.45) is 5.23. The molecular weight excluding hydrogens is 502 g/mol. The summed E-state index contributed by atoms with van der Waals surface area (Å²) in [5.41, 5.74) is 0.799. The zero-order chi connectivity index (χ0) is 21.8. The normalized spacial score (nSPS) is 15.0. The maximum Gasteiger partial charge on any atom is 0.360 e. The number of aromatic nitrogens is 2. The van der Waals surface area contributed by atoms with Crippen LogP contribution in [0.2, 0.25) is 0 Å². The van der Waals surface area contributed by atoms with Crippen molar-refractivity contribution in [2.45, 2.75) is 25.7 Å². The number of piperidine rings is 1. The predicted molar refractivity (Wildman–Crippen MR) is 123 cm³/mol. The largest absolute Gasteiger partial charge is 0.461 e. The van der Waals surface area contributed by atoms with Crippen LogP contribution in [0.3, 0.4) is 0 Å². The molecule has 10 heteroatoms. The van der Waals surface area contributed by atoms with E-state index in [1.165, 1.54) is 0 Å². The summed E-state index contributed by atoms with van der Waals surface area (Å²) in [4.78, 5) is 31.8. The number of carbonyl (C=O) groups is 2. The van der Waals surface area contributed by atoms with Crippen LogP contribution in [-0.4, -0.2) is 46.6 Å². The van der Waals surface area contributed by atoms with Gasteiger partial charge in [-0.05, 0) is 47.8 Å². The molecule has 0 aliphatic carbocycles. The third-order valence-corrected chi connectivity index (χ3v) is 7.57. The third-order valence-electron chi connectivity index (χ3n) is 4.90. The first-order chi connectivity index (χ1) is 15.0. The lowest BCUT2D eigenvalue weighted by Gasteiger charge is -2.30. The number of thiazole rings is 1. The van der Waals surface area contributed by atoms with E-state index in [2.05, 4.69) is 26.1 Å². The molecule has 1 aliphatic rings. The zero-order valence-corrected chi connectivity index (χ0v) is 20.0. The Hall–Kier alpha value is -2.30.